The Balaban J connectivity index is 2.58. The van der Waals surface area contributed by atoms with E-state index in [9.17, 15) is 19.2 Å². The monoisotopic (exact) mass is 540 g/mol. The van der Waals surface area contributed by atoms with Crippen LogP contribution >= 0.6 is 31.9 Å². The number of hydrogen-bond donors (Lipinski definition) is 0. The number of carbonyl (C=O) groups excluding carboxylic acids is 4. The lowest BCUT2D eigenvalue weighted by Crippen LogP contribution is -2.22. The third-order valence-corrected chi connectivity index (χ3v) is 6.39. The van der Waals surface area contributed by atoms with E-state index in [-0.39, 0.29) is 22.8 Å². The van der Waals surface area contributed by atoms with Gasteiger partial charge in [-0.25, -0.2) is 0 Å². The molecule has 2 aromatic rings. The van der Waals surface area contributed by atoms with Crippen LogP contribution in [-0.2, 0) is 14.4 Å². The first-order chi connectivity index (χ1) is 14.1. The molecule has 30 heavy (non-hydrogen) atoms. The van der Waals surface area contributed by atoms with Crippen molar-refractivity contribution >= 4 is 55.6 Å². The van der Waals surface area contributed by atoms with Crippen molar-refractivity contribution in [2.24, 2.45) is 0 Å². The zero-order valence-electron chi connectivity index (χ0n) is 16.3. The van der Waals surface area contributed by atoms with Gasteiger partial charge < -0.3 is 14.2 Å². The summed E-state index contributed by atoms with van der Waals surface area (Å²) in [6, 6.07) is 11.6. The highest BCUT2D eigenvalue weighted by atomic mass is 79.9. The quantitative estimate of drug-likeness (QED) is 0.219. The van der Waals surface area contributed by atoms with E-state index >= 15 is 0 Å². The van der Waals surface area contributed by atoms with Gasteiger partial charge in [0.25, 0.3) is 0 Å². The largest absolute Gasteiger partial charge is 0.426 e. The molecule has 0 spiro atoms. The van der Waals surface area contributed by atoms with Crippen molar-refractivity contribution < 1.29 is 33.4 Å². The number of halogens is 2. The maximum absolute atomic E-state index is 13.3. The third-order valence-electron chi connectivity index (χ3n) is 3.68. The van der Waals surface area contributed by atoms with Gasteiger partial charge in [0, 0.05) is 32.9 Å². The topological polar surface area (TPSA) is 96.0 Å². The SMILES string of the molecule is CC(=O)Oc1cc(OC(C)=O)c(C(=O)C(Br)C(Br)c2ccccc2)c(OC(C)=O)c1. The molecule has 7 nitrogen and oxygen atoms in total. The molecular weight excluding hydrogens is 524 g/mol. The standard InChI is InChI=1S/C21H18Br2O7/c1-11(24)28-15-9-16(29-12(2)25)18(17(10-15)30-13(3)26)21(27)20(23)19(22)14-7-5-4-6-8-14/h4-10,19-20H,1-3H3. The lowest BCUT2D eigenvalue weighted by atomic mass is 10.0. The first-order valence-electron chi connectivity index (χ1n) is 8.70. The summed E-state index contributed by atoms with van der Waals surface area (Å²) in [6.45, 7) is 3.49. The van der Waals surface area contributed by atoms with Crippen molar-refractivity contribution in [3.8, 4) is 17.2 Å². The molecule has 9 heteroatoms. The molecule has 0 bridgehead atoms. The summed E-state index contributed by atoms with van der Waals surface area (Å²) in [5.74, 6) is -3.00. The van der Waals surface area contributed by atoms with Crippen molar-refractivity contribution in [1.29, 1.82) is 0 Å². The second-order valence-corrected chi connectivity index (χ2v) is 8.13. The number of alkyl halides is 2. The number of ketones is 1. The van der Waals surface area contributed by atoms with E-state index in [1.54, 1.807) is 0 Å². The van der Waals surface area contributed by atoms with Gasteiger partial charge in [0.15, 0.2) is 5.78 Å². The summed E-state index contributed by atoms with van der Waals surface area (Å²) in [4.78, 5) is 46.6. The summed E-state index contributed by atoms with van der Waals surface area (Å²) in [5, 5.41) is 0. The van der Waals surface area contributed by atoms with Crippen LogP contribution in [-0.4, -0.2) is 28.5 Å². The first-order valence-corrected chi connectivity index (χ1v) is 10.5. The summed E-state index contributed by atoms with van der Waals surface area (Å²) < 4.78 is 15.4. The maximum Gasteiger partial charge on any atom is 0.308 e. The van der Waals surface area contributed by atoms with Gasteiger partial charge in [-0.1, -0.05) is 62.2 Å². The normalized spacial score (nSPS) is 12.4. The van der Waals surface area contributed by atoms with Crippen LogP contribution in [0.25, 0.3) is 0 Å². The van der Waals surface area contributed by atoms with Crippen LogP contribution in [0.1, 0.15) is 41.5 Å². The fourth-order valence-electron chi connectivity index (χ4n) is 2.58. The Kier molecular flexibility index (Phi) is 8.31. The van der Waals surface area contributed by atoms with E-state index in [0.29, 0.717) is 0 Å². The average molecular weight is 542 g/mol. The molecule has 2 atom stereocenters. The Bertz CT molecular complexity index is 936. The molecule has 0 radical (unpaired) electrons. The zero-order valence-corrected chi connectivity index (χ0v) is 19.5. The minimum absolute atomic E-state index is 0.0453. The van der Waals surface area contributed by atoms with Gasteiger partial charge in [-0.15, -0.1) is 0 Å². The van der Waals surface area contributed by atoms with Crippen LogP contribution in [0.5, 0.6) is 17.2 Å². The van der Waals surface area contributed by atoms with E-state index in [2.05, 4.69) is 31.9 Å². The molecule has 0 aliphatic carbocycles. The van der Waals surface area contributed by atoms with Crippen LogP contribution in [0.15, 0.2) is 42.5 Å². The number of hydrogen-bond acceptors (Lipinski definition) is 7. The number of ether oxygens (including phenoxy) is 3. The molecule has 0 aliphatic rings. The van der Waals surface area contributed by atoms with Crippen molar-refractivity contribution in [1.82, 2.24) is 0 Å². The van der Waals surface area contributed by atoms with Crippen molar-refractivity contribution in [3.05, 3.63) is 53.6 Å². The van der Waals surface area contributed by atoms with Crippen LogP contribution in [0, 0.1) is 0 Å². The highest BCUT2D eigenvalue weighted by molar-refractivity contribution is 9.12. The molecule has 158 valence electrons. The number of rotatable bonds is 7. The van der Waals surface area contributed by atoms with Gasteiger partial charge in [0.2, 0.25) is 0 Å². The second kappa shape index (κ2) is 10.5. The molecule has 2 aromatic carbocycles. The molecule has 2 unspecified atom stereocenters. The molecule has 2 rings (SSSR count). The maximum atomic E-state index is 13.3. The highest BCUT2D eigenvalue weighted by Gasteiger charge is 2.32. The Morgan fingerprint density at radius 2 is 1.23 bits per heavy atom. The van der Waals surface area contributed by atoms with Crippen molar-refractivity contribution in [2.45, 2.75) is 30.4 Å². The van der Waals surface area contributed by atoms with Crippen molar-refractivity contribution in [2.75, 3.05) is 0 Å². The number of benzene rings is 2. The number of carbonyl (C=O) groups is 4. The molecular formula is C21H18Br2O7. The number of esters is 3. The minimum Gasteiger partial charge on any atom is -0.426 e. The lowest BCUT2D eigenvalue weighted by molar-refractivity contribution is -0.132. The van der Waals surface area contributed by atoms with Crippen LogP contribution in [0.2, 0.25) is 0 Å². The smallest absolute Gasteiger partial charge is 0.308 e. The Labute approximate surface area is 189 Å². The van der Waals surface area contributed by atoms with Gasteiger partial charge >= 0.3 is 17.9 Å². The van der Waals surface area contributed by atoms with E-state index in [0.717, 1.165) is 19.4 Å². The van der Waals surface area contributed by atoms with Gasteiger partial charge in [-0.3, -0.25) is 19.2 Å². The fraction of sp³-hybridized carbons (Fsp3) is 0.238. The lowest BCUT2D eigenvalue weighted by Gasteiger charge is -2.20. The predicted molar refractivity (Wildman–Crippen MR) is 116 cm³/mol. The van der Waals surface area contributed by atoms with E-state index in [1.807, 2.05) is 30.3 Å². The summed E-state index contributed by atoms with van der Waals surface area (Å²) in [5.41, 5.74) is 0.686. The van der Waals surface area contributed by atoms with Crippen LogP contribution < -0.4 is 14.2 Å². The van der Waals surface area contributed by atoms with Gasteiger partial charge in [-0.05, 0) is 5.56 Å². The van der Waals surface area contributed by atoms with Gasteiger partial charge in [0.1, 0.15) is 22.8 Å². The molecule has 0 N–H and O–H groups in total. The third kappa shape index (κ3) is 6.24. The van der Waals surface area contributed by atoms with E-state index < -0.39 is 33.3 Å². The molecule has 0 saturated carbocycles. The van der Waals surface area contributed by atoms with Crippen molar-refractivity contribution in [3.63, 3.8) is 0 Å². The van der Waals surface area contributed by atoms with E-state index in [1.165, 1.54) is 19.1 Å². The first kappa shape index (κ1) is 23.8. The highest BCUT2D eigenvalue weighted by Crippen LogP contribution is 2.40. The molecule has 0 amide bonds. The summed E-state index contributed by atoms with van der Waals surface area (Å²) in [6.07, 6.45) is 0. The minimum atomic E-state index is -0.803. The summed E-state index contributed by atoms with van der Waals surface area (Å²) in [7, 11) is 0. The summed E-state index contributed by atoms with van der Waals surface area (Å²) >= 11 is 6.87. The Morgan fingerprint density at radius 1 is 0.767 bits per heavy atom. The zero-order chi connectivity index (χ0) is 22.4. The van der Waals surface area contributed by atoms with Crippen LogP contribution in [0.4, 0.5) is 0 Å². The van der Waals surface area contributed by atoms with Gasteiger partial charge in [0.05, 0.1) is 9.65 Å². The second-order valence-electron chi connectivity index (χ2n) is 6.15. The predicted octanol–water partition coefficient (Wildman–Crippen LogP) is 4.54. The molecule has 0 heterocycles. The molecule has 0 saturated heterocycles. The van der Waals surface area contributed by atoms with Gasteiger partial charge in [-0.2, -0.15) is 0 Å². The molecule has 0 fully saturated rings. The Hall–Kier alpha value is -2.52. The van der Waals surface area contributed by atoms with E-state index in [4.69, 9.17) is 14.2 Å². The molecule has 0 aromatic heterocycles. The number of Topliss-reactive ketones (excluding diaryl/α,β-unsaturated/α-hetero) is 1. The fourth-order valence-corrected chi connectivity index (χ4v) is 3.66. The molecule has 0 aliphatic heterocycles. The Morgan fingerprint density at radius 3 is 1.67 bits per heavy atom. The average Bonchev–Trinajstić information content (AvgIpc) is 2.65. The van der Waals surface area contributed by atoms with Crippen LogP contribution in [0.3, 0.4) is 0 Å².